The van der Waals surface area contributed by atoms with Gasteiger partial charge in [-0.2, -0.15) is 5.10 Å². The van der Waals surface area contributed by atoms with E-state index < -0.39 is 0 Å². The predicted octanol–water partition coefficient (Wildman–Crippen LogP) is 2.05. The van der Waals surface area contributed by atoms with E-state index in [1.54, 1.807) is 0 Å². The summed E-state index contributed by atoms with van der Waals surface area (Å²) in [6.45, 7) is 5.94. The van der Waals surface area contributed by atoms with Gasteiger partial charge in [-0.15, -0.1) is 0 Å². The second-order valence-electron chi connectivity index (χ2n) is 7.15. The van der Waals surface area contributed by atoms with Crippen molar-refractivity contribution in [1.82, 2.24) is 25.0 Å². The molecule has 0 atom stereocenters. The largest absolute Gasteiger partial charge is 0.379 e. The molecule has 0 aliphatic carbocycles. The number of carbonyl (C=O) groups is 1. The quantitative estimate of drug-likeness (QED) is 0.860. The van der Waals surface area contributed by atoms with E-state index in [1.165, 1.54) is 11.9 Å². The van der Waals surface area contributed by atoms with Gasteiger partial charge in [0.15, 0.2) is 0 Å². The maximum atomic E-state index is 12.5. The van der Waals surface area contributed by atoms with Crippen LogP contribution in [0.5, 0.6) is 0 Å². The molecule has 2 aliphatic heterocycles. The van der Waals surface area contributed by atoms with Crippen LogP contribution in [0.4, 0.5) is 10.5 Å². The van der Waals surface area contributed by atoms with Crippen LogP contribution in [0.1, 0.15) is 30.1 Å². The molecule has 0 unspecified atom stereocenters. The van der Waals surface area contributed by atoms with Crippen LogP contribution in [0.25, 0.3) is 0 Å². The lowest BCUT2D eigenvalue weighted by Crippen LogP contribution is -2.40. The number of rotatable bonds is 4. The maximum absolute atomic E-state index is 12.5. The van der Waals surface area contributed by atoms with E-state index >= 15 is 0 Å². The Hall–Kier alpha value is -2.45. The lowest BCUT2D eigenvalue weighted by molar-refractivity contribution is 0.0342. The maximum Gasteiger partial charge on any atom is 0.321 e. The zero-order chi connectivity index (χ0) is 18.5. The van der Waals surface area contributed by atoms with Crippen molar-refractivity contribution in [2.24, 2.45) is 0 Å². The SMILES string of the molecule is O=C(Nc1ccc(CN2CCOCC2)cc1)N1CCC(c2ncn[nH]2)CC1. The Morgan fingerprint density at radius 1 is 1.15 bits per heavy atom. The molecular formula is C19H26N6O2. The summed E-state index contributed by atoms with van der Waals surface area (Å²) in [4.78, 5) is 21.0. The van der Waals surface area contributed by atoms with Crippen molar-refractivity contribution in [2.75, 3.05) is 44.7 Å². The molecule has 1 aromatic heterocycles. The molecule has 27 heavy (non-hydrogen) atoms. The number of benzene rings is 1. The predicted molar refractivity (Wildman–Crippen MR) is 101 cm³/mol. The summed E-state index contributed by atoms with van der Waals surface area (Å²) in [6, 6.07) is 8.10. The van der Waals surface area contributed by atoms with Crippen LogP contribution in [0.3, 0.4) is 0 Å². The molecule has 2 amide bonds. The molecule has 2 aromatic rings. The number of aromatic nitrogens is 3. The third kappa shape index (κ3) is 4.64. The van der Waals surface area contributed by atoms with Gasteiger partial charge in [0.2, 0.25) is 0 Å². The first kappa shape index (κ1) is 17.9. The Balaban J connectivity index is 1.25. The Morgan fingerprint density at radius 3 is 2.56 bits per heavy atom. The Morgan fingerprint density at radius 2 is 1.89 bits per heavy atom. The molecule has 0 saturated carbocycles. The van der Waals surface area contributed by atoms with Crippen LogP contribution < -0.4 is 5.32 Å². The molecule has 2 fully saturated rings. The van der Waals surface area contributed by atoms with Crippen LogP contribution >= 0.6 is 0 Å². The monoisotopic (exact) mass is 370 g/mol. The van der Waals surface area contributed by atoms with E-state index in [-0.39, 0.29) is 6.03 Å². The molecule has 2 aliphatic rings. The molecule has 0 bridgehead atoms. The fraction of sp³-hybridized carbons (Fsp3) is 0.526. The first-order valence-corrected chi connectivity index (χ1v) is 9.58. The van der Waals surface area contributed by atoms with Crippen LogP contribution in [0.2, 0.25) is 0 Å². The average molecular weight is 370 g/mol. The van der Waals surface area contributed by atoms with Gasteiger partial charge in [-0.1, -0.05) is 12.1 Å². The molecule has 8 nitrogen and oxygen atoms in total. The molecule has 0 spiro atoms. The lowest BCUT2D eigenvalue weighted by atomic mass is 9.96. The van der Waals surface area contributed by atoms with Gasteiger partial charge in [0.25, 0.3) is 0 Å². The van der Waals surface area contributed by atoms with Crippen LogP contribution in [-0.2, 0) is 11.3 Å². The fourth-order valence-electron chi connectivity index (χ4n) is 3.68. The molecule has 4 rings (SSSR count). The minimum atomic E-state index is -0.0352. The highest BCUT2D eigenvalue weighted by atomic mass is 16.5. The second-order valence-corrected chi connectivity index (χ2v) is 7.15. The number of carbonyl (C=O) groups excluding carboxylic acids is 1. The Labute approximate surface area is 158 Å². The number of hydrogen-bond acceptors (Lipinski definition) is 5. The summed E-state index contributed by atoms with van der Waals surface area (Å²) in [5, 5.41) is 9.86. The Kier molecular flexibility index (Phi) is 5.64. The summed E-state index contributed by atoms with van der Waals surface area (Å²) in [6.07, 6.45) is 3.35. The lowest BCUT2D eigenvalue weighted by Gasteiger charge is -2.31. The number of likely N-dealkylation sites (tertiary alicyclic amines) is 1. The first-order chi connectivity index (χ1) is 13.3. The molecule has 1 aromatic carbocycles. The number of H-pyrrole nitrogens is 1. The first-order valence-electron chi connectivity index (χ1n) is 9.58. The van der Waals surface area contributed by atoms with E-state index in [1.807, 2.05) is 17.0 Å². The van der Waals surface area contributed by atoms with Crippen LogP contribution in [0.15, 0.2) is 30.6 Å². The van der Waals surface area contributed by atoms with Crippen molar-refractivity contribution in [2.45, 2.75) is 25.3 Å². The van der Waals surface area contributed by atoms with Crippen molar-refractivity contribution in [1.29, 1.82) is 0 Å². The minimum Gasteiger partial charge on any atom is -0.379 e. The van der Waals surface area contributed by atoms with Crippen LogP contribution in [0, 0.1) is 0 Å². The van der Waals surface area contributed by atoms with Crippen LogP contribution in [-0.4, -0.2) is 70.4 Å². The van der Waals surface area contributed by atoms with E-state index in [9.17, 15) is 4.79 Å². The number of amides is 2. The second kappa shape index (κ2) is 8.49. The number of ether oxygens (including phenoxy) is 1. The summed E-state index contributed by atoms with van der Waals surface area (Å²) >= 11 is 0. The third-order valence-corrected chi connectivity index (χ3v) is 5.32. The van der Waals surface area contributed by atoms with Gasteiger partial charge in [0.1, 0.15) is 12.2 Å². The number of hydrogen-bond donors (Lipinski definition) is 2. The summed E-state index contributed by atoms with van der Waals surface area (Å²) in [5.74, 6) is 1.28. The molecule has 3 heterocycles. The molecule has 144 valence electrons. The zero-order valence-corrected chi connectivity index (χ0v) is 15.4. The number of aromatic amines is 1. The number of nitrogens with one attached hydrogen (secondary N) is 2. The van der Waals surface area contributed by atoms with Crippen molar-refractivity contribution in [3.63, 3.8) is 0 Å². The standard InChI is InChI=1S/C19H26N6O2/c26-19(25-7-5-16(6-8-25)18-20-14-21-23-18)22-17-3-1-15(2-4-17)13-24-9-11-27-12-10-24/h1-4,14,16H,5-13H2,(H,22,26)(H,20,21,23). The molecule has 2 saturated heterocycles. The smallest absolute Gasteiger partial charge is 0.321 e. The number of morpholine rings is 1. The highest BCUT2D eigenvalue weighted by Crippen LogP contribution is 2.25. The Bertz CT molecular complexity index is 719. The normalized spacial score (nSPS) is 19.2. The summed E-state index contributed by atoms with van der Waals surface area (Å²) < 4.78 is 5.38. The number of piperidine rings is 1. The zero-order valence-electron chi connectivity index (χ0n) is 15.4. The molecular weight excluding hydrogens is 344 g/mol. The average Bonchev–Trinajstić information content (AvgIpc) is 3.25. The van der Waals surface area contributed by atoms with E-state index in [0.717, 1.165) is 70.3 Å². The van der Waals surface area contributed by atoms with E-state index in [4.69, 9.17) is 4.74 Å². The van der Waals surface area contributed by atoms with E-state index in [0.29, 0.717) is 5.92 Å². The highest BCUT2D eigenvalue weighted by molar-refractivity contribution is 5.89. The summed E-state index contributed by atoms with van der Waals surface area (Å²) in [7, 11) is 0. The molecule has 0 radical (unpaired) electrons. The van der Waals surface area contributed by atoms with Crippen molar-refractivity contribution >= 4 is 11.7 Å². The van der Waals surface area contributed by atoms with Gasteiger partial charge in [-0.25, -0.2) is 9.78 Å². The highest BCUT2D eigenvalue weighted by Gasteiger charge is 2.25. The molecule has 2 N–H and O–H groups in total. The number of nitrogens with zero attached hydrogens (tertiary/aromatic N) is 4. The van der Waals surface area contributed by atoms with Crippen molar-refractivity contribution in [3.8, 4) is 0 Å². The van der Waals surface area contributed by atoms with Crippen molar-refractivity contribution in [3.05, 3.63) is 42.0 Å². The van der Waals surface area contributed by atoms with Gasteiger partial charge >= 0.3 is 6.03 Å². The van der Waals surface area contributed by atoms with Gasteiger partial charge in [0.05, 0.1) is 13.2 Å². The topological polar surface area (TPSA) is 86.4 Å². The van der Waals surface area contributed by atoms with Gasteiger partial charge in [0, 0.05) is 44.3 Å². The minimum absolute atomic E-state index is 0.0352. The fourth-order valence-corrected chi connectivity index (χ4v) is 3.68. The number of anilines is 1. The van der Waals surface area contributed by atoms with Crippen molar-refractivity contribution < 1.29 is 9.53 Å². The van der Waals surface area contributed by atoms with Gasteiger partial charge < -0.3 is 15.0 Å². The van der Waals surface area contributed by atoms with E-state index in [2.05, 4.69) is 37.5 Å². The summed E-state index contributed by atoms with van der Waals surface area (Å²) in [5.41, 5.74) is 2.09. The number of urea groups is 1. The third-order valence-electron chi connectivity index (χ3n) is 5.32. The van der Waals surface area contributed by atoms with Gasteiger partial charge in [-0.05, 0) is 30.5 Å². The molecule has 8 heteroatoms. The van der Waals surface area contributed by atoms with Gasteiger partial charge in [-0.3, -0.25) is 10.00 Å².